The zero-order valence-electron chi connectivity index (χ0n) is 11.1. The quantitative estimate of drug-likeness (QED) is 0.907. The van der Waals surface area contributed by atoms with E-state index in [1.165, 1.54) is 0 Å². The van der Waals surface area contributed by atoms with Gasteiger partial charge in [0.05, 0.1) is 13.2 Å². The Morgan fingerprint density at radius 1 is 1.32 bits per heavy atom. The summed E-state index contributed by atoms with van der Waals surface area (Å²) in [5.41, 5.74) is 0. The molecule has 1 aromatic carbocycles. The minimum absolute atomic E-state index is 0.447. The van der Waals surface area contributed by atoms with Gasteiger partial charge in [-0.3, -0.25) is 0 Å². The third kappa shape index (κ3) is 4.54. The molecule has 1 aromatic rings. The van der Waals surface area contributed by atoms with Crippen LogP contribution in [0.2, 0.25) is 0 Å². The Labute approximate surface area is 112 Å². The number of carbonyl (C=O) groups is 1. The molecule has 1 amide bonds. The maximum atomic E-state index is 11.5. The topological polar surface area (TPSA) is 56.8 Å². The lowest BCUT2D eigenvalue weighted by Gasteiger charge is -2.33. The van der Waals surface area contributed by atoms with E-state index in [2.05, 4.69) is 5.32 Å². The van der Waals surface area contributed by atoms with Crippen LogP contribution in [0.25, 0.3) is 0 Å². The second-order valence-electron chi connectivity index (χ2n) is 4.56. The van der Waals surface area contributed by atoms with Crippen LogP contribution in [0.5, 0.6) is 5.75 Å². The molecule has 5 nitrogen and oxygen atoms in total. The zero-order chi connectivity index (χ0) is 13.6. The lowest BCUT2D eigenvalue weighted by atomic mass is 10.2. The van der Waals surface area contributed by atoms with Crippen molar-refractivity contribution in [1.29, 1.82) is 0 Å². The summed E-state index contributed by atoms with van der Waals surface area (Å²) in [4.78, 5) is 11.5. The first-order valence-corrected chi connectivity index (χ1v) is 6.47. The van der Waals surface area contributed by atoms with Gasteiger partial charge < -0.3 is 19.5 Å². The fourth-order valence-electron chi connectivity index (χ4n) is 1.84. The summed E-state index contributed by atoms with van der Waals surface area (Å²) in [5.74, 6) is -0.0745. The second kappa shape index (κ2) is 6.54. The van der Waals surface area contributed by atoms with Crippen molar-refractivity contribution in [2.45, 2.75) is 25.6 Å². The summed E-state index contributed by atoms with van der Waals surface area (Å²) in [6.07, 6.45) is 1.04. The maximum absolute atomic E-state index is 11.5. The van der Waals surface area contributed by atoms with E-state index < -0.39 is 11.9 Å². The van der Waals surface area contributed by atoms with Crippen LogP contribution in [-0.4, -0.2) is 31.6 Å². The number of para-hydroxylation sites is 1. The van der Waals surface area contributed by atoms with Gasteiger partial charge in [-0.25, -0.2) is 4.79 Å². The first-order valence-electron chi connectivity index (χ1n) is 6.47. The van der Waals surface area contributed by atoms with Crippen molar-refractivity contribution in [2.75, 3.05) is 19.8 Å². The molecule has 1 N–H and O–H groups in total. The van der Waals surface area contributed by atoms with Gasteiger partial charge >= 0.3 is 6.09 Å². The Balaban J connectivity index is 1.69. The van der Waals surface area contributed by atoms with Gasteiger partial charge in [0.1, 0.15) is 5.75 Å². The smallest absolute Gasteiger partial charge is 0.410 e. The normalized spacial score (nSPS) is 17.7. The maximum Gasteiger partial charge on any atom is 0.412 e. The number of amides is 1. The standard InChI is InChI=1S/C14H19NO4/c1-14(17-10-5-11-18-14)8-9-15-13(16)19-12-6-3-2-4-7-12/h2-4,6-7H,5,8-11H2,1H3,(H,15,16). The summed E-state index contributed by atoms with van der Waals surface area (Å²) in [5, 5.41) is 2.68. The van der Waals surface area contributed by atoms with E-state index in [1.807, 2.05) is 25.1 Å². The zero-order valence-corrected chi connectivity index (χ0v) is 11.1. The van der Waals surface area contributed by atoms with E-state index in [4.69, 9.17) is 14.2 Å². The third-order valence-electron chi connectivity index (χ3n) is 2.91. The molecule has 0 radical (unpaired) electrons. The largest absolute Gasteiger partial charge is 0.412 e. The van der Waals surface area contributed by atoms with Gasteiger partial charge in [0.2, 0.25) is 0 Å². The number of hydrogen-bond donors (Lipinski definition) is 1. The highest BCUT2D eigenvalue weighted by Gasteiger charge is 2.28. The number of benzene rings is 1. The van der Waals surface area contributed by atoms with E-state index in [-0.39, 0.29) is 0 Å². The molecule has 1 heterocycles. The fourth-order valence-corrected chi connectivity index (χ4v) is 1.84. The van der Waals surface area contributed by atoms with Crippen molar-refractivity contribution in [2.24, 2.45) is 0 Å². The van der Waals surface area contributed by atoms with Crippen molar-refractivity contribution in [3.8, 4) is 5.75 Å². The molecule has 0 unspecified atom stereocenters. The predicted octanol–water partition coefficient (Wildman–Crippen LogP) is 2.32. The van der Waals surface area contributed by atoms with Crippen molar-refractivity contribution in [1.82, 2.24) is 5.32 Å². The molecule has 2 rings (SSSR count). The summed E-state index contributed by atoms with van der Waals surface area (Å²) < 4.78 is 16.2. The first kappa shape index (κ1) is 13.8. The molecule has 0 aromatic heterocycles. The molecule has 1 aliphatic heterocycles. The Morgan fingerprint density at radius 2 is 2.00 bits per heavy atom. The van der Waals surface area contributed by atoms with E-state index in [0.29, 0.717) is 31.9 Å². The number of nitrogens with one attached hydrogen (secondary N) is 1. The van der Waals surface area contributed by atoms with Crippen molar-refractivity contribution < 1.29 is 19.0 Å². The molecule has 0 spiro atoms. The Bertz CT molecular complexity index is 401. The van der Waals surface area contributed by atoms with E-state index in [0.717, 1.165) is 6.42 Å². The van der Waals surface area contributed by atoms with Crippen molar-refractivity contribution >= 4 is 6.09 Å². The monoisotopic (exact) mass is 265 g/mol. The molecule has 0 aliphatic carbocycles. The van der Waals surface area contributed by atoms with E-state index >= 15 is 0 Å². The predicted molar refractivity (Wildman–Crippen MR) is 70.0 cm³/mol. The molecule has 0 atom stereocenters. The summed E-state index contributed by atoms with van der Waals surface area (Å²) in [6, 6.07) is 8.95. The average molecular weight is 265 g/mol. The van der Waals surface area contributed by atoms with Crippen LogP contribution < -0.4 is 10.1 Å². The van der Waals surface area contributed by atoms with Gasteiger partial charge in [0, 0.05) is 13.0 Å². The van der Waals surface area contributed by atoms with Gasteiger partial charge in [-0.15, -0.1) is 0 Å². The highest BCUT2D eigenvalue weighted by atomic mass is 16.7. The Kier molecular flexibility index (Phi) is 4.76. The minimum atomic E-state index is -0.599. The van der Waals surface area contributed by atoms with Gasteiger partial charge in [-0.05, 0) is 25.5 Å². The van der Waals surface area contributed by atoms with Gasteiger partial charge in [-0.2, -0.15) is 0 Å². The summed E-state index contributed by atoms with van der Waals surface area (Å²) in [7, 11) is 0. The van der Waals surface area contributed by atoms with Crippen LogP contribution in [0.1, 0.15) is 19.8 Å². The number of carbonyl (C=O) groups excluding carboxylic acids is 1. The molecular formula is C14H19NO4. The third-order valence-corrected chi connectivity index (χ3v) is 2.91. The summed E-state index contributed by atoms with van der Waals surface area (Å²) in [6.45, 7) is 3.73. The number of rotatable bonds is 4. The highest BCUT2D eigenvalue weighted by Crippen LogP contribution is 2.21. The average Bonchev–Trinajstić information content (AvgIpc) is 2.40. The van der Waals surface area contributed by atoms with Crippen LogP contribution in [0.15, 0.2) is 30.3 Å². The Morgan fingerprint density at radius 3 is 2.68 bits per heavy atom. The molecule has 0 bridgehead atoms. The van der Waals surface area contributed by atoms with Gasteiger partial charge in [-0.1, -0.05) is 18.2 Å². The van der Waals surface area contributed by atoms with E-state index in [1.54, 1.807) is 12.1 Å². The molecule has 104 valence electrons. The molecule has 1 fully saturated rings. The van der Waals surface area contributed by atoms with Crippen LogP contribution in [0, 0.1) is 0 Å². The Hall–Kier alpha value is -1.59. The van der Waals surface area contributed by atoms with Crippen molar-refractivity contribution in [3.05, 3.63) is 30.3 Å². The SMILES string of the molecule is CC1(CCNC(=O)Oc2ccccc2)OCCCO1. The van der Waals surface area contributed by atoms with Crippen LogP contribution in [0.3, 0.4) is 0 Å². The summed E-state index contributed by atoms with van der Waals surface area (Å²) >= 11 is 0. The van der Waals surface area contributed by atoms with Crippen LogP contribution in [0.4, 0.5) is 4.79 Å². The lowest BCUT2D eigenvalue weighted by molar-refractivity contribution is -0.257. The van der Waals surface area contributed by atoms with E-state index in [9.17, 15) is 4.79 Å². The van der Waals surface area contributed by atoms with Gasteiger partial charge in [0.25, 0.3) is 0 Å². The van der Waals surface area contributed by atoms with Gasteiger partial charge in [0.15, 0.2) is 5.79 Å². The molecule has 19 heavy (non-hydrogen) atoms. The van der Waals surface area contributed by atoms with Crippen LogP contribution in [-0.2, 0) is 9.47 Å². The highest BCUT2D eigenvalue weighted by molar-refractivity contribution is 5.70. The number of hydrogen-bond acceptors (Lipinski definition) is 4. The molecule has 1 saturated heterocycles. The molecule has 0 saturated carbocycles. The molecule has 1 aliphatic rings. The minimum Gasteiger partial charge on any atom is -0.410 e. The first-order chi connectivity index (χ1) is 9.18. The second-order valence-corrected chi connectivity index (χ2v) is 4.56. The van der Waals surface area contributed by atoms with Crippen molar-refractivity contribution in [3.63, 3.8) is 0 Å². The van der Waals surface area contributed by atoms with Crippen LogP contribution >= 0.6 is 0 Å². The number of ether oxygens (including phenoxy) is 3. The lowest BCUT2D eigenvalue weighted by Crippen LogP contribution is -2.41. The molecular weight excluding hydrogens is 246 g/mol. The molecule has 5 heteroatoms. The fraction of sp³-hybridized carbons (Fsp3) is 0.500.